The zero-order chi connectivity index (χ0) is 24.4. The summed E-state index contributed by atoms with van der Waals surface area (Å²) < 4.78 is 2.03. The third-order valence-electron chi connectivity index (χ3n) is 6.85. The molecule has 0 bridgehead atoms. The van der Waals surface area contributed by atoms with E-state index in [1.165, 1.54) is 5.56 Å². The number of Topliss-reactive ketones (excluding diaryl/α,β-unsaturated/α-hetero) is 1. The highest BCUT2D eigenvalue weighted by Crippen LogP contribution is 2.52. The van der Waals surface area contributed by atoms with Gasteiger partial charge in [-0.2, -0.15) is 5.10 Å². The molecule has 5 heteroatoms. The number of benzene rings is 2. The Morgan fingerprint density at radius 1 is 1.09 bits per heavy atom. The Morgan fingerprint density at radius 2 is 1.79 bits per heavy atom. The molecule has 1 atom stereocenters. The summed E-state index contributed by atoms with van der Waals surface area (Å²) in [6.45, 7) is 13.0. The number of anilines is 1. The van der Waals surface area contributed by atoms with Crippen molar-refractivity contribution < 1.29 is 4.79 Å². The highest BCUT2D eigenvalue weighted by Gasteiger charge is 2.44. The molecule has 176 valence electrons. The molecule has 0 spiro atoms. The predicted octanol–water partition coefficient (Wildman–Crippen LogP) is 7.33. The number of hydrogen-bond acceptors (Lipinski definition) is 3. The van der Waals surface area contributed by atoms with E-state index in [2.05, 4.69) is 83.3 Å². The number of halogens is 1. The third kappa shape index (κ3) is 3.88. The van der Waals surface area contributed by atoms with Crippen molar-refractivity contribution in [2.24, 2.45) is 5.41 Å². The second-order valence-corrected chi connectivity index (χ2v) is 12.0. The fourth-order valence-electron chi connectivity index (χ4n) is 5.38. The maximum atomic E-state index is 13.6. The number of nitrogens with zero attached hydrogens (tertiary/aromatic N) is 2. The van der Waals surface area contributed by atoms with E-state index in [0.29, 0.717) is 11.4 Å². The van der Waals surface area contributed by atoms with Crippen molar-refractivity contribution in [2.75, 3.05) is 5.32 Å². The summed E-state index contributed by atoms with van der Waals surface area (Å²) in [6.07, 6.45) is 1.37. The van der Waals surface area contributed by atoms with Gasteiger partial charge in [-0.15, -0.1) is 0 Å². The summed E-state index contributed by atoms with van der Waals surface area (Å²) in [5, 5.41) is 9.58. The molecule has 5 rings (SSSR count). The van der Waals surface area contributed by atoms with Gasteiger partial charge in [-0.3, -0.25) is 4.79 Å². The molecule has 0 saturated heterocycles. The number of carbonyl (C=O) groups is 1. The fourth-order valence-corrected chi connectivity index (χ4v) is 5.51. The average molecular weight is 474 g/mol. The van der Waals surface area contributed by atoms with Gasteiger partial charge in [-0.25, -0.2) is 4.68 Å². The topological polar surface area (TPSA) is 46.9 Å². The van der Waals surface area contributed by atoms with Crippen LogP contribution in [0, 0.1) is 12.3 Å². The molecule has 2 heterocycles. The summed E-state index contributed by atoms with van der Waals surface area (Å²) in [5.74, 6) is 0.993. The van der Waals surface area contributed by atoms with Gasteiger partial charge < -0.3 is 5.32 Å². The second kappa shape index (κ2) is 7.84. The summed E-state index contributed by atoms with van der Waals surface area (Å²) in [6, 6.07) is 16.3. The molecule has 0 radical (unpaired) electrons. The van der Waals surface area contributed by atoms with Crippen LogP contribution in [0.5, 0.6) is 0 Å². The minimum Gasteiger partial charge on any atom is -0.343 e. The number of nitrogens with one attached hydrogen (secondary N) is 1. The Morgan fingerprint density at radius 3 is 2.44 bits per heavy atom. The molecule has 3 aromatic rings. The largest absolute Gasteiger partial charge is 0.343 e. The van der Waals surface area contributed by atoms with Crippen molar-refractivity contribution in [3.05, 3.63) is 87.2 Å². The Hall–Kier alpha value is -2.85. The Kier molecular flexibility index (Phi) is 5.29. The van der Waals surface area contributed by atoms with Crippen molar-refractivity contribution in [1.29, 1.82) is 0 Å². The van der Waals surface area contributed by atoms with E-state index in [1.54, 1.807) is 0 Å². The van der Waals surface area contributed by atoms with Crippen molar-refractivity contribution in [3.63, 3.8) is 0 Å². The van der Waals surface area contributed by atoms with Crippen LogP contribution in [0.25, 0.3) is 5.69 Å². The average Bonchev–Trinajstić information content (AvgIpc) is 3.12. The molecule has 1 aliphatic heterocycles. The molecule has 2 aliphatic rings. The first-order valence-corrected chi connectivity index (χ1v) is 12.3. The molecule has 0 fully saturated rings. The molecule has 0 amide bonds. The lowest BCUT2D eigenvalue weighted by Gasteiger charge is -2.39. The van der Waals surface area contributed by atoms with Crippen LogP contribution in [-0.4, -0.2) is 15.6 Å². The Balaban J connectivity index is 1.83. The Labute approximate surface area is 207 Å². The molecular weight excluding hydrogens is 442 g/mol. The second-order valence-electron chi connectivity index (χ2n) is 11.6. The fraction of sp³-hybridized carbons (Fsp3) is 0.379. The Bertz CT molecular complexity index is 1320. The van der Waals surface area contributed by atoms with Crippen LogP contribution in [0.1, 0.15) is 75.8 Å². The zero-order valence-electron chi connectivity index (χ0n) is 20.8. The lowest BCUT2D eigenvalue weighted by molar-refractivity contribution is -0.118. The van der Waals surface area contributed by atoms with Crippen LogP contribution in [0.2, 0.25) is 5.02 Å². The molecule has 1 N–H and O–H groups in total. The maximum Gasteiger partial charge on any atom is 0.162 e. The SMILES string of the molecule is Cc1cccc(-n2nc(C(C)(C)C)c3c2NC2=C(C(=O)CC(C)(C)C2)C3c2ccc(Cl)cc2)c1. The van der Waals surface area contributed by atoms with E-state index in [9.17, 15) is 4.79 Å². The quantitative estimate of drug-likeness (QED) is 0.423. The van der Waals surface area contributed by atoms with Crippen LogP contribution < -0.4 is 5.32 Å². The number of fused-ring (bicyclic) bond motifs is 1. The van der Waals surface area contributed by atoms with Gasteiger partial charge >= 0.3 is 0 Å². The van der Waals surface area contributed by atoms with Gasteiger partial charge in [0, 0.05) is 39.6 Å². The summed E-state index contributed by atoms with van der Waals surface area (Å²) >= 11 is 6.25. The number of aromatic nitrogens is 2. The van der Waals surface area contributed by atoms with Crippen molar-refractivity contribution in [2.45, 2.75) is 65.7 Å². The van der Waals surface area contributed by atoms with Crippen LogP contribution in [0.3, 0.4) is 0 Å². The summed E-state index contributed by atoms with van der Waals surface area (Å²) in [4.78, 5) is 13.6. The minimum absolute atomic E-state index is 0.0913. The van der Waals surface area contributed by atoms with E-state index in [1.807, 2.05) is 16.8 Å². The first-order chi connectivity index (χ1) is 15.9. The van der Waals surface area contributed by atoms with E-state index in [4.69, 9.17) is 16.7 Å². The van der Waals surface area contributed by atoms with Gasteiger partial charge in [0.25, 0.3) is 0 Å². The van der Waals surface area contributed by atoms with Gasteiger partial charge in [0.1, 0.15) is 5.82 Å². The number of rotatable bonds is 2. The molecular formula is C29H32ClN3O. The molecule has 34 heavy (non-hydrogen) atoms. The van der Waals surface area contributed by atoms with Crippen LogP contribution in [0.15, 0.2) is 59.8 Å². The first kappa shape index (κ1) is 22.9. The van der Waals surface area contributed by atoms with Crippen LogP contribution in [-0.2, 0) is 10.2 Å². The molecule has 4 nitrogen and oxygen atoms in total. The standard InChI is InChI=1S/C29H32ClN3O/c1-17-8-7-9-20(14-17)33-27-25(26(32-33)28(2,3)4)23(18-10-12-19(30)13-11-18)24-21(31-27)15-29(5,6)16-22(24)34/h7-14,23,31H,15-16H2,1-6H3. The summed E-state index contributed by atoms with van der Waals surface area (Å²) in [7, 11) is 0. The van der Waals surface area contributed by atoms with E-state index >= 15 is 0 Å². The van der Waals surface area contributed by atoms with Gasteiger partial charge in [0.2, 0.25) is 0 Å². The van der Waals surface area contributed by atoms with Crippen LogP contribution >= 0.6 is 11.6 Å². The lowest BCUT2D eigenvalue weighted by atomic mass is 9.68. The zero-order valence-corrected chi connectivity index (χ0v) is 21.5. The molecule has 1 unspecified atom stereocenters. The van der Waals surface area contributed by atoms with Crippen molar-refractivity contribution >= 4 is 23.2 Å². The molecule has 1 aliphatic carbocycles. The van der Waals surface area contributed by atoms with Gasteiger partial charge in [-0.1, -0.05) is 70.5 Å². The summed E-state index contributed by atoms with van der Waals surface area (Å²) in [5.41, 5.74) is 6.95. The molecule has 0 saturated carbocycles. The van der Waals surface area contributed by atoms with Gasteiger partial charge in [-0.05, 0) is 54.2 Å². The van der Waals surface area contributed by atoms with Crippen molar-refractivity contribution in [3.8, 4) is 5.69 Å². The smallest absolute Gasteiger partial charge is 0.162 e. The van der Waals surface area contributed by atoms with Gasteiger partial charge in [0.05, 0.1) is 11.4 Å². The highest BCUT2D eigenvalue weighted by molar-refractivity contribution is 6.30. The van der Waals surface area contributed by atoms with Gasteiger partial charge in [0.15, 0.2) is 5.78 Å². The van der Waals surface area contributed by atoms with Crippen molar-refractivity contribution in [1.82, 2.24) is 9.78 Å². The first-order valence-electron chi connectivity index (χ1n) is 11.9. The normalized spacial score (nSPS) is 19.5. The number of ketones is 1. The van der Waals surface area contributed by atoms with E-state index in [-0.39, 0.29) is 22.5 Å². The van der Waals surface area contributed by atoms with Crippen LogP contribution in [0.4, 0.5) is 5.82 Å². The minimum atomic E-state index is -0.208. The van der Waals surface area contributed by atoms with E-state index in [0.717, 1.165) is 46.0 Å². The molecule has 2 aromatic carbocycles. The maximum absolute atomic E-state index is 13.6. The monoisotopic (exact) mass is 473 g/mol. The number of hydrogen-bond donors (Lipinski definition) is 1. The predicted molar refractivity (Wildman–Crippen MR) is 139 cm³/mol. The lowest BCUT2D eigenvalue weighted by Crippen LogP contribution is -2.34. The molecule has 1 aromatic heterocycles. The highest BCUT2D eigenvalue weighted by atomic mass is 35.5. The number of carbonyl (C=O) groups excluding carboxylic acids is 1. The number of aryl methyl sites for hydroxylation is 1. The third-order valence-corrected chi connectivity index (χ3v) is 7.10. The van der Waals surface area contributed by atoms with E-state index < -0.39 is 0 Å². The number of allylic oxidation sites excluding steroid dienone is 2.